The smallest absolute Gasteiger partial charge is 0.187 e. The first kappa shape index (κ1) is 39.0. The summed E-state index contributed by atoms with van der Waals surface area (Å²) in [6, 6.07) is 0. The second kappa shape index (κ2) is 13.6. The summed E-state index contributed by atoms with van der Waals surface area (Å²) >= 11 is 0. The molecule has 4 aliphatic carbocycles. The number of allylic oxidation sites excluding steroid dienone is 1. The summed E-state index contributed by atoms with van der Waals surface area (Å²) in [5.41, 5.74) is -0.803. The highest BCUT2D eigenvalue weighted by molar-refractivity contribution is 5.30. The van der Waals surface area contributed by atoms with E-state index >= 15 is 0 Å². The van der Waals surface area contributed by atoms with Crippen molar-refractivity contribution in [2.75, 3.05) is 13.2 Å². The SMILES string of the molecule is C[C@@H]1CC[C@@]2(OC1)O[C@H]1C[C@H]3[C@@H]4CC=C5C[C@@H](O[C@@H]6O[C@H](CO)[C@@H](O)[C@H](O)[C@H]6O[C@@H]6O[C@@H](C)[C@H](O)[C@@H](O)[C@H]6O)C[C@@H](O)[C@]5(C)[C@H]4CC[C@]3(C)[C@@]1(O)[C@@H]2C. The van der Waals surface area contributed by atoms with Crippen LogP contribution in [0.25, 0.3) is 0 Å². The molecule has 14 heteroatoms. The molecular weight excluding hydrogens is 692 g/mol. The van der Waals surface area contributed by atoms with Gasteiger partial charge in [0.1, 0.15) is 48.3 Å². The zero-order valence-corrected chi connectivity index (χ0v) is 31.6. The summed E-state index contributed by atoms with van der Waals surface area (Å²) in [4.78, 5) is 0. The minimum Gasteiger partial charge on any atom is -0.394 e. The van der Waals surface area contributed by atoms with Crippen LogP contribution in [-0.4, -0.2) is 145 Å². The van der Waals surface area contributed by atoms with Crippen molar-refractivity contribution in [2.24, 2.45) is 40.4 Å². The Kier molecular flexibility index (Phi) is 10.0. The summed E-state index contributed by atoms with van der Waals surface area (Å²) in [7, 11) is 0. The molecule has 7 fully saturated rings. The maximum absolute atomic E-state index is 12.7. The number of fused-ring (bicyclic) bond motifs is 7. The van der Waals surface area contributed by atoms with Gasteiger partial charge < -0.3 is 69.3 Å². The Morgan fingerprint density at radius 3 is 2.28 bits per heavy atom. The van der Waals surface area contributed by atoms with Crippen LogP contribution in [0.3, 0.4) is 0 Å². The quantitative estimate of drug-likeness (QED) is 0.179. The largest absolute Gasteiger partial charge is 0.394 e. The van der Waals surface area contributed by atoms with E-state index in [4.69, 9.17) is 28.4 Å². The van der Waals surface area contributed by atoms with Gasteiger partial charge in [0.05, 0.1) is 37.6 Å². The Labute approximate surface area is 311 Å². The molecule has 4 aliphatic heterocycles. The van der Waals surface area contributed by atoms with E-state index < -0.39 is 97.0 Å². The highest BCUT2D eigenvalue weighted by Crippen LogP contribution is 2.72. The predicted molar refractivity (Wildman–Crippen MR) is 184 cm³/mol. The normalized spacial score (nSPS) is 59.5. The van der Waals surface area contributed by atoms with Crippen molar-refractivity contribution < 1.29 is 69.3 Å². The van der Waals surface area contributed by atoms with Crippen LogP contribution in [0.1, 0.15) is 86.0 Å². The second-order valence-electron chi connectivity index (χ2n) is 18.4. The number of aliphatic hydroxyl groups excluding tert-OH is 7. The van der Waals surface area contributed by atoms with Crippen LogP contribution in [0.4, 0.5) is 0 Å². The summed E-state index contributed by atoms with van der Waals surface area (Å²) in [6.45, 7) is 10.3. The molecule has 302 valence electrons. The first-order chi connectivity index (χ1) is 25.0. The van der Waals surface area contributed by atoms with Crippen LogP contribution in [0, 0.1) is 40.4 Å². The molecule has 0 aromatic rings. The lowest BCUT2D eigenvalue weighted by Crippen LogP contribution is -2.64. The third-order valence-corrected chi connectivity index (χ3v) is 15.9. The van der Waals surface area contributed by atoms with Crippen molar-refractivity contribution in [3.63, 3.8) is 0 Å². The van der Waals surface area contributed by atoms with Crippen LogP contribution in [0.5, 0.6) is 0 Å². The lowest BCUT2D eigenvalue weighted by Gasteiger charge is -2.61. The lowest BCUT2D eigenvalue weighted by atomic mass is 9.45. The molecule has 53 heavy (non-hydrogen) atoms. The Balaban J connectivity index is 0.997. The van der Waals surface area contributed by atoms with Gasteiger partial charge in [0.25, 0.3) is 0 Å². The van der Waals surface area contributed by atoms with Crippen molar-refractivity contribution >= 4 is 0 Å². The molecular formula is C39H62O14. The van der Waals surface area contributed by atoms with Gasteiger partial charge in [-0.1, -0.05) is 39.3 Å². The monoisotopic (exact) mass is 754 g/mol. The van der Waals surface area contributed by atoms with Gasteiger partial charge in [-0.15, -0.1) is 0 Å². The molecule has 14 nitrogen and oxygen atoms in total. The molecule has 0 aromatic carbocycles. The Morgan fingerprint density at radius 2 is 1.58 bits per heavy atom. The van der Waals surface area contributed by atoms with Gasteiger partial charge in [0, 0.05) is 29.6 Å². The van der Waals surface area contributed by atoms with Crippen LogP contribution in [-0.2, 0) is 28.4 Å². The van der Waals surface area contributed by atoms with Gasteiger partial charge >= 0.3 is 0 Å². The first-order valence-electron chi connectivity index (χ1n) is 20.0. The molecule has 0 amide bonds. The number of rotatable bonds is 5. The van der Waals surface area contributed by atoms with Crippen LogP contribution >= 0.6 is 0 Å². The number of aliphatic hydroxyl groups is 8. The second-order valence-corrected chi connectivity index (χ2v) is 18.4. The van der Waals surface area contributed by atoms with E-state index in [0.717, 1.165) is 44.1 Å². The maximum Gasteiger partial charge on any atom is 0.187 e. The fraction of sp³-hybridized carbons (Fsp3) is 0.949. The molecule has 0 aromatic heterocycles. The van der Waals surface area contributed by atoms with Gasteiger partial charge in [0.2, 0.25) is 0 Å². The molecule has 8 N–H and O–H groups in total. The van der Waals surface area contributed by atoms with E-state index in [-0.39, 0.29) is 41.6 Å². The van der Waals surface area contributed by atoms with Gasteiger partial charge in [-0.25, -0.2) is 0 Å². The van der Waals surface area contributed by atoms with Crippen LogP contribution in [0.2, 0.25) is 0 Å². The van der Waals surface area contributed by atoms with E-state index in [9.17, 15) is 40.9 Å². The molecule has 22 atom stereocenters. The highest BCUT2D eigenvalue weighted by Gasteiger charge is 2.76. The molecule has 0 bridgehead atoms. The Morgan fingerprint density at radius 1 is 0.830 bits per heavy atom. The Hall–Kier alpha value is -0.820. The van der Waals surface area contributed by atoms with E-state index in [1.807, 2.05) is 0 Å². The zero-order valence-electron chi connectivity index (χ0n) is 31.6. The van der Waals surface area contributed by atoms with E-state index in [1.54, 1.807) is 0 Å². The summed E-state index contributed by atoms with van der Waals surface area (Å²) in [5, 5.41) is 87.7. The van der Waals surface area contributed by atoms with E-state index in [1.165, 1.54) is 6.92 Å². The highest BCUT2D eigenvalue weighted by atomic mass is 16.8. The summed E-state index contributed by atoms with van der Waals surface area (Å²) in [5.74, 6) is 0.230. The maximum atomic E-state index is 12.7. The Bertz CT molecular complexity index is 1390. The molecule has 8 rings (SSSR count). The van der Waals surface area contributed by atoms with Gasteiger partial charge in [0.15, 0.2) is 18.4 Å². The summed E-state index contributed by atoms with van der Waals surface area (Å²) in [6.07, 6.45) is -7.78. The number of hydrogen-bond acceptors (Lipinski definition) is 14. The fourth-order valence-electron chi connectivity index (χ4n) is 12.5. The van der Waals surface area contributed by atoms with Crippen molar-refractivity contribution in [3.05, 3.63) is 11.6 Å². The predicted octanol–water partition coefficient (Wildman–Crippen LogP) is 0.476. The van der Waals surface area contributed by atoms with E-state index in [2.05, 4.69) is 33.8 Å². The molecule has 8 aliphatic rings. The van der Waals surface area contributed by atoms with Crippen molar-refractivity contribution in [1.29, 1.82) is 0 Å². The topological polar surface area (TPSA) is 217 Å². The summed E-state index contributed by atoms with van der Waals surface area (Å²) < 4.78 is 37.1. The molecule has 1 spiro atoms. The number of hydrogen-bond donors (Lipinski definition) is 8. The average Bonchev–Trinajstić information content (AvgIpc) is 3.48. The molecule has 0 unspecified atom stereocenters. The minimum absolute atomic E-state index is 0.157. The zero-order chi connectivity index (χ0) is 38.0. The van der Waals surface area contributed by atoms with Crippen molar-refractivity contribution in [2.45, 2.75) is 177 Å². The van der Waals surface area contributed by atoms with Crippen LogP contribution < -0.4 is 0 Å². The van der Waals surface area contributed by atoms with E-state index in [0.29, 0.717) is 18.9 Å². The van der Waals surface area contributed by atoms with Crippen molar-refractivity contribution in [3.8, 4) is 0 Å². The van der Waals surface area contributed by atoms with Crippen molar-refractivity contribution in [1.82, 2.24) is 0 Å². The minimum atomic E-state index is -1.67. The van der Waals surface area contributed by atoms with Crippen LogP contribution in [0.15, 0.2) is 11.6 Å². The standard InChI is InChI=1S/C39H62O14/c1-17-8-11-38(48-16-17)19(3)39(47)27(53-38)14-24-22-7-6-20-12-21(13-26(41)37(20,5)23(22)9-10-36(24,39)4)50-35-33(31(45)29(43)25(15-40)51-35)52-34-32(46)30(44)28(42)18(2)49-34/h6,17-19,21-35,40-47H,7-16H2,1-5H3/t17-,18+,19-,21-,22-,23+,24+,25-,26-,27+,28+,29-,30-,31+,32-,33-,34+,35-,36+,37+,38-,39-/m1/s1. The number of ether oxygens (including phenoxy) is 6. The van der Waals surface area contributed by atoms with Gasteiger partial charge in [-0.05, 0) is 69.1 Å². The lowest BCUT2D eigenvalue weighted by molar-refractivity contribution is -0.370. The third-order valence-electron chi connectivity index (χ3n) is 15.9. The van der Waals surface area contributed by atoms with Gasteiger partial charge in [-0.2, -0.15) is 0 Å². The fourth-order valence-corrected chi connectivity index (χ4v) is 12.5. The molecule has 3 saturated carbocycles. The average molecular weight is 755 g/mol. The van der Waals surface area contributed by atoms with Gasteiger partial charge in [-0.3, -0.25) is 0 Å². The molecule has 0 radical (unpaired) electrons. The first-order valence-corrected chi connectivity index (χ1v) is 20.0. The third kappa shape index (κ3) is 5.64. The molecule has 4 heterocycles. The molecule has 4 saturated heterocycles.